The van der Waals surface area contributed by atoms with Crippen LogP contribution in [0, 0.1) is 0 Å². The summed E-state index contributed by atoms with van der Waals surface area (Å²) < 4.78 is 23.9. The fourth-order valence-electron chi connectivity index (χ4n) is 23.2. The second-order valence-corrected chi connectivity index (χ2v) is 30.2. The van der Waals surface area contributed by atoms with Crippen LogP contribution in [0.25, 0.3) is 0 Å². The molecule has 0 amide bonds. The van der Waals surface area contributed by atoms with Gasteiger partial charge in [0, 0.05) is 124 Å². The normalized spacial score (nSPS) is 39.3. The second-order valence-electron chi connectivity index (χ2n) is 30.2. The summed E-state index contributed by atoms with van der Waals surface area (Å²) in [7, 11) is 0. The standard InChI is InChI=1S/4C19H21NO4/c4*1-2-8-20-9-7-18-15-11-3-4-12(21)16(15)24-17(18)13(22)5-6-19(18,23)14(20)10-11/h4*2-4,14,17,21,23H,1,5-10H2/t4*14-,17+,18+,19-/m1111/s1. The van der Waals surface area contributed by atoms with Crippen LogP contribution in [0.2, 0.25) is 0 Å². The van der Waals surface area contributed by atoms with E-state index in [1.54, 1.807) is 24.3 Å². The lowest BCUT2D eigenvalue weighted by atomic mass is 9.49. The van der Waals surface area contributed by atoms with E-state index >= 15 is 0 Å². The van der Waals surface area contributed by atoms with E-state index in [9.17, 15) is 60.0 Å². The van der Waals surface area contributed by atoms with Crippen LogP contribution in [-0.2, 0) is 66.5 Å². The molecule has 8 heterocycles. The molecule has 8 aliphatic carbocycles. The minimum Gasteiger partial charge on any atom is -0.504 e. The number of aromatic hydroxyl groups is 4. The van der Waals surface area contributed by atoms with Crippen LogP contribution in [0.3, 0.4) is 0 Å². The molecule has 8 fully saturated rings. The van der Waals surface area contributed by atoms with Crippen molar-refractivity contribution >= 4 is 23.1 Å². The number of aliphatic hydroxyl groups is 4. The predicted molar refractivity (Wildman–Crippen MR) is 349 cm³/mol. The molecule has 96 heavy (non-hydrogen) atoms. The van der Waals surface area contributed by atoms with Crippen molar-refractivity contribution < 1.29 is 79.0 Å². The van der Waals surface area contributed by atoms with Gasteiger partial charge in [-0.25, -0.2) is 0 Å². The van der Waals surface area contributed by atoms with Crippen molar-refractivity contribution in [1.29, 1.82) is 0 Å². The average molecular weight is 1310 g/mol. The number of nitrogens with zero attached hydrogens (tertiary/aromatic N) is 4. The third kappa shape index (κ3) is 7.41. The molecule has 4 aromatic carbocycles. The maximum absolute atomic E-state index is 12.6. The Morgan fingerprint density at radius 1 is 0.354 bits per heavy atom. The minimum atomic E-state index is -1.00. The van der Waals surface area contributed by atoms with Crippen LogP contribution >= 0.6 is 0 Å². The van der Waals surface area contributed by atoms with Crippen LogP contribution in [-0.4, -0.2) is 207 Å². The monoisotopic (exact) mass is 1310 g/mol. The summed E-state index contributed by atoms with van der Waals surface area (Å²) in [5.74, 6) is 2.11. The Morgan fingerprint density at radius 3 is 0.760 bits per heavy atom. The Bertz CT molecular complexity index is 3620. The van der Waals surface area contributed by atoms with Crippen molar-refractivity contribution in [2.75, 3.05) is 52.4 Å². The van der Waals surface area contributed by atoms with Gasteiger partial charge in [0.05, 0.1) is 44.1 Å². The molecule has 0 unspecified atom stereocenters. The minimum absolute atomic E-state index is 0.0408. The average Bonchev–Trinajstić information content (AvgIpc) is 1.44. The van der Waals surface area contributed by atoms with Gasteiger partial charge in [-0.05, 0) is 124 Å². The van der Waals surface area contributed by atoms with Crippen molar-refractivity contribution in [2.45, 2.75) is 195 Å². The van der Waals surface area contributed by atoms with Gasteiger partial charge in [-0.3, -0.25) is 38.8 Å². The lowest BCUT2D eigenvalue weighted by Gasteiger charge is -2.62. The summed E-state index contributed by atoms with van der Waals surface area (Å²) in [6.07, 6.45) is 13.4. The quantitative estimate of drug-likeness (QED) is 0.105. The van der Waals surface area contributed by atoms with E-state index in [-0.39, 0.29) is 70.3 Å². The lowest BCUT2D eigenvalue weighted by Crippen LogP contribution is -2.76. The molecule has 16 atom stereocenters. The SMILES string of the molecule is C=CCN1CC[C@]23c4c5ccc(O)c4O[C@H]2C(=O)CC[C@@]3(O)[C@H]1C5.C=CCN1CC[C@]23c4c5ccc(O)c4O[C@H]2C(=O)CC[C@@]3(O)[C@H]1C5.C=CCN1CC[C@]23c4c5ccc(O)c4O[C@H]2C(=O)CC[C@@]3(O)[C@H]1C5.C=CCN1CC[C@]23c4c5ccc(O)c4O[C@H]2C(=O)CC[C@@]3(O)[C@H]1C5. The first-order valence-electron chi connectivity index (χ1n) is 34.6. The lowest BCUT2D eigenvalue weighted by molar-refractivity contribution is -0.187. The molecular formula is C76H84N4O16. The third-order valence-electron chi connectivity index (χ3n) is 26.9. The summed E-state index contributed by atoms with van der Waals surface area (Å²) >= 11 is 0. The number of Topliss-reactive ketones (excluding diaryl/α,β-unsaturated/α-hetero) is 4. The van der Waals surface area contributed by atoms with E-state index in [1.807, 2.05) is 48.6 Å². The summed E-state index contributed by atoms with van der Waals surface area (Å²) in [5, 5.41) is 88.4. The first-order chi connectivity index (χ1) is 46.1. The zero-order valence-electron chi connectivity index (χ0n) is 54.0. The molecule has 4 saturated carbocycles. The van der Waals surface area contributed by atoms with Gasteiger partial charge in [0.2, 0.25) is 0 Å². The van der Waals surface area contributed by atoms with Gasteiger partial charge in [0.25, 0.3) is 0 Å². The van der Waals surface area contributed by atoms with Gasteiger partial charge in [0.1, 0.15) is 0 Å². The van der Waals surface area contributed by atoms with E-state index in [0.717, 1.165) is 96.9 Å². The number of likely N-dealkylation sites (tertiary alicyclic amines) is 4. The van der Waals surface area contributed by atoms with E-state index < -0.39 is 68.5 Å². The van der Waals surface area contributed by atoms with Gasteiger partial charge < -0.3 is 59.8 Å². The Hall–Kier alpha value is -7.40. The Morgan fingerprint density at radius 2 is 0.562 bits per heavy atom. The Kier molecular flexibility index (Phi) is 13.6. The number of piperidine rings is 4. The van der Waals surface area contributed by atoms with Crippen LogP contribution < -0.4 is 18.9 Å². The topological polar surface area (TPSA) is 280 Å². The zero-order chi connectivity index (χ0) is 66.8. The van der Waals surface area contributed by atoms with Crippen molar-refractivity contribution in [1.82, 2.24) is 19.6 Å². The molecule has 16 aliphatic rings. The molecule has 0 aromatic heterocycles. The van der Waals surface area contributed by atoms with Crippen LogP contribution in [0.5, 0.6) is 46.0 Å². The number of carbonyl (C=O) groups excluding carboxylic acids is 4. The molecule has 8 bridgehead atoms. The summed E-state index contributed by atoms with van der Waals surface area (Å²) in [6, 6.07) is 14.1. The first kappa shape index (κ1) is 62.1. The molecule has 0 radical (unpaired) electrons. The summed E-state index contributed by atoms with van der Waals surface area (Å²) in [6.45, 7) is 21.4. The molecule has 20 rings (SSSR count). The Balaban J connectivity index is 0.0000000968. The van der Waals surface area contributed by atoms with Crippen molar-refractivity contribution in [2.24, 2.45) is 0 Å². The maximum Gasteiger partial charge on any atom is 0.174 e. The van der Waals surface area contributed by atoms with E-state index in [2.05, 4.69) is 45.9 Å². The van der Waals surface area contributed by atoms with Gasteiger partial charge in [0.15, 0.2) is 93.5 Å². The highest BCUT2D eigenvalue weighted by molar-refractivity contribution is 5.93. The van der Waals surface area contributed by atoms with Crippen LogP contribution in [0.4, 0.5) is 0 Å². The van der Waals surface area contributed by atoms with Crippen LogP contribution in [0.1, 0.15) is 122 Å². The number of hydrogen-bond acceptors (Lipinski definition) is 20. The smallest absolute Gasteiger partial charge is 0.174 e. The molecule has 4 spiro atoms. The number of phenolic OH excluding ortho intramolecular Hbond substituents is 4. The maximum atomic E-state index is 12.6. The molecule has 8 N–H and O–H groups in total. The fourth-order valence-corrected chi connectivity index (χ4v) is 23.2. The number of hydrogen-bond donors (Lipinski definition) is 8. The predicted octanol–water partition coefficient (Wildman–Crippen LogP) is 5.21. The highest BCUT2D eigenvalue weighted by Crippen LogP contribution is 2.70. The van der Waals surface area contributed by atoms with Crippen molar-refractivity contribution in [3.8, 4) is 46.0 Å². The first-order valence-corrected chi connectivity index (χ1v) is 34.6. The number of phenols is 4. The molecule has 20 heteroatoms. The van der Waals surface area contributed by atoms with Crippen molar-refractivity contribution in [3.05, 3.63) is 144 Å². The van der Waals surface area contributed by atoms with Gasteiger partial charge >= 0.3 is 0 Å². The molecular weight excluding hydrogens is 1220 g/mol. The number of ketones is 4. The highest BCUT2D eigenvalue weighted by Gasteiger charge is 2.77. The second kappa shape index (κ2) is 21.1. The largest absolute Gasteiger partial charge is 0.504 e. The number of carbonyl (C=O) groups is 4. The zero-order valence-corrected chi connectivity index (χ0v) is 54.0. The highest BCUT2D eigenvalue weighted by atomic mass is 16.5. The van der Waals surface area contributed by atoms with E-state index in [4.69, 9.17) is 18.9 Å². The summed E-state index contributed by atoms with van der Waals surface area (Å²) in [4.78, 5) is 59.6. The molecule has 8 aliphatic heterocycles. The fraction of sp³-hybridized carbons (Fsp3) is 0.526. The van der Waals surface area contributed by atoms with Crippen LogP contribution in [0.15, 0.2) is 99.2 Å². The van der Waals surface area contributed by atoms with E-state index in [1.165, 1.54) is 0 Å². The number of ether oxygens (including phenoxy) is 4. The van der Waals surface area contributed by atoms with Gasteiger partial charge in [-0.1, -0.05) is 48.6 Å². The molecule has 20 nitrogen and oxygen atoms in total. The third-order valence-corrected chi connectivity index (χ3v) is 26.9. The number of rotatable bonds is 8. The molecule has 4 aromatic rings. The number of benzene rings is 4. The Labute approximate surface area is 556 Å². The van der Waals surface area contributed by atoms with Crippen molar-refractivity contribution in [3.63, 3.8) is 0 Å². The molecule has 4 saturated heterocycles. The summed E-state index contributed by atoms with van der Waals surface area (Å²) in [5.41, 5.74) is 1.02. The van der Waals surface area contributed by atoms with Gasteiger partial charge in [-0.15, -0.1) is 26.3 Å². The molecule has 504 valence electrons. The van der Waals surface area contributed by atoms with E-state index in [0.29, 0.717) is 126 Å². The van der Waals surface area contributed by atoms with Gasteiger partial charge in [-0.2, -0.15) is 0 Å².